The molecule has 2 rings (SSSR count). The zero-order valence-electron chi connectivity index (χ0n) is 12.3. The second kappa shape index (κ2) is 6.68. The van der Waals surface area contributed by atoms with Crippen LogP contribution >= 0.6 is 11.3 Å². The van der Waals surface area contributed by atoms with E-state index in [2.05, 4.69) is 25.8 Å². The number of carbonyl (C=O) groups is 1. The van der Waals surface area contributed by atoms with Crippen molar-refractivity contribution in [3.05, 3.63) is 28.3 Å². The van der Waals surface area contributed by atoms with Gasteiger partial charge in [-0.15, -0.1) is 11.3 Å². The Labute approximate surface area is 127 Å². The van der Waals surface area contributed by atoms with Gasteiger partial charge in [-0.3, -0.25) is 10.4 Å². The molecule has 0 aliphatic rings. The number of aromatic nitrogens is 3. The third kappa shape index (κ3) is 5.16. The minimum atomic E-state index is -0.534. The third-order valence-corrected chi connectivity index (χ3v) is 3.20. The van der Waals surface area contributed by atoms with E-state index >= 15 is 0 Å². The van der Waals surface area contributed by atoms with Crippen LogP contribution in [0.1, 0.15) is 31.3 Å². The Hall–Kier alpha value is -1.93. The first-order chi connectivity index (χ1) is 9.94. The summed E-state index contributed by atoms with van der Waals surface area (Å²) in [5.41, 5.74) is 0.324. The monoisotopic (exact) mass is 309 g/mol. The molecule has 0 bridgehead atoms. The van der Waals surface area contributed by atoms with Crippen LogP contribution in [0.15, 0.2) is 17.8 Å². The highest BCUT2D eigenvalue weighted by molar-refractivity contribution is 7.09. The first kappa shape index (κ1) is 15.5. The van der Waals surface area contributed by atoms with Gasteiger partial charge in [0.1, 0.15) is 16.4 Å². The molecule has 0 atom stereocenters. The minimum absolute atomic E-state index is 0.507. The molecule has 7 nitrogen and oxygen atoms in total. The Kier molecular flexibility index (Phi) is 4.92. The molecule has 2 aromatic rings. The average molecular weight is 309 g/mol. The molecule has 0 aliphatic carbocycles. The van der Waals surface area contributed by atoms with Crippen molar-refractivity contribution in [2.24, 2.45) is 0 Å². The van der Waals surface area contributed by atoms with E-state index in [1.54, 1.807) is 23.7 Å². The molecule has 0 aromatic carbocycles. The van der Waals surface area contributed by atoms with Gasteiger partial charge in [0.15, 0.2) is 0 Å². The van der Waals surface area contributed by atoms with E-state index in [0.29, 0.717) is 18.9 Å². The first-order valence-electron chi connectivity index (χ1n) is 6.55. The SMILES string of the molecule is CC(C)(C)OC(=O)Nc1[nH]ncc1CNCc1nccs1. The molecule has 21 heavy (non-hydrogen) atoms. The quantitative estimate of drug-likeness (QED) is 0.789. The van der Waals surface area contributed by atoms with Gasteiger partial charge in [0.2, 0.25) is 0 Å². The van der Waals surface area contributed by atoms with Crippen molar-refractivity contribution in [3.8, 4) is 0 Å². The average Bonchev–Trinajstić information content (AvgIpc) is 2.99. The molecule has 0 saturated heterocycles. The van der Waals surface area contributed by atoms with Crippen LogP contribution in [-0.4, -0.2) is 26.9 Å². The van der Waals surface area contributed by atoms with Crippen molar-refractivity contribution >= 4 is 23.2 Å². The first-order valence-corrected chi connectivity index (χ1v) is 7.43. The normalized spacial score (nSPS) is 11.4. The molecule has 2 heterocycles. The molecule has 0 unspecified atom stereocenters. The molecule has 3 N–H and O–H groups in total. The van der Waals surface area contributed by atoms with Crippen LogP contribution < -0.4 is 10.6 Å². The Morgan fingerprint density at radius 2 is 2.24 bits per heavy atom. The number of hydrogen-bond donors (Lipinski definition) is 3. The Morgan fingerprint density at radius 3 is 2.90 bits per heavy atom. The van der Waals surface area contributed by atoms with E-state index in [9.17, 15) is 4.79 Å². The largest absolute Gasteiger partial charge is 0.444 e. The lowest BCUT2D eigenvalue weighted by Gasteiger charge is -2.19. The topological polar surface area (TPSA) is 91.9 Å². The molecular weight excluding hydrogens is 290 g/mol. The molecule has 114 valence electrons. The Morgan fingerprint density at radius 1 is 1.43 bits per heavy atom. The molecule has 0 fully saturated rings. The molecule has 0 spiro atoms. The molecule has 8 heteroatoms. The van der Waals surface area contributed by atoms with Crippen molar-refractivity contribution in [3.63, 3.8) is 0 Å². The highest BCUT2D eigenvalue weighted by Gasteiger charge is 2.17. The number of nitrogens with zero attached hydrogens (tertiary/aromatic N) is 2. The van der Waals surface area contributed by atoms with Crippen LogP contribution in [-0.2, 0) is 17.8 Å². The lowest BCUT2D eigenvalue weighted by atomic mass is 10.2. The van der Waals surface area contributed by atoms with Crippen LogP contribution in [0.2, 0.25) is 0 Å². The number of anilines is 1. The molecular formula is C13H19N5O2S. The van der Waals surface area contributed by atoms with Gasteiger partial charge in [0, 0.05) is 30.2 Å². The number of aromatic amines is 1. The lowest BCUT2D eigenvalue weighted by Crippen LogP contribution is -2.27. The van der Waals surface area contributed by atoms with Crippen molar-refractivity contribution in [1.82, 2.24) is 20.5 Å². The minimum Gasteiger partial charge on any atom is -0.444 e. The van der Waals surface area contributed by atoms with E-state index in [1.165, 1.54) is 0 Å². The van der Waals surface area contributed by atoms with E-state index < -0.39 is 11.7 Å². The van der Waals surface area contributed by atoms with E-state index in [1.807, 2.05) is 26.2 Å². The van der Waals surface area contributed by atoms with Crippen LogP contribution in [0.3, 0.4) is 0 Å². The number of rotatable bonds is 5. The number of thiazole rings is 1. The smallest absolute Gasteiger partial charge is 0.413 e. The van der Waals surface area contributed by atoms with Crippen molar-refractivity contribution in [1.29, 1.82) is 0 Å². The van der Waals surface area contributed by atoms with Gasteiger partial charge in [0.05, 0.1) is 6.20 Å². The summed E-state index contributed by atoms with van der Waals surface area (Å²) in [7, 11) is 0. The molecule has 2 aromatic heterocycles. The summed E-state index contributed by atoms with van der Waals surface area (Å²) in [5, 5.41) is 15.5. The lowest BCUT2D eigenvalue weighted by molar-refractivity contribution is 0.0635. The zero-order chi connectivity index (χ0) is 15.3. The van der Waals surface area contributed by atoms with Crippen LogP contribution in [0.5, 0.6) is 0 Å². The van der Waals surface area contributed by atoms with Gasteiger partial charge in [-0.05, 0) is 20.8 Å². The second-order valence-corrected chi connectivity index (χ2v) is 6.41. The molecule has 0 saturated carbocycles. The van der Waals surface area contributed by atoms with Crippen molar-refractivity contribution in [2.45, 2.75) is 39.5 Å². The van der Waals surface area contributed by atoms with E-state index in [4.69, 9.17) is 4.74 Å². The predicted molar refractivity (Wildman–Crippen MR) is 81.1 cm³/mol. The third-order valence-electron chi connectivity index (χ3n) is 2.42. The predicted octanol–water partition coefficient (Wildman–Crippen LogP) is 2.50. The summed E-state index contributed by atoms with van der Waals surface area (Å²) >= 11 is 1.59. The summed E-state index contributed by atoms with van der Waals surface area (Å²) in [6, 6.07) is 0. The van der Waals surface area contributed by atoms with Gasteiger partial charge in [-0.2, -0.15) is 5.10 Å². The van der Waals surface area contributed by atoms with Gasteiger partial charge < -0.3 is 10.1 Å². The summed E-state index contributed by atoms with van der Waals surface area (Å²) in [6.07, 6.45) is 2.93. The van der Waals surface area contributed by atoms with Crippen LogP contribution in [0.25, 0.3) is 0 Å². The summed E-state index contributed by atoms with van der Waals surface area (Å²) < 4.78 is 5.20. The van der Waals surface area contributed by atoms with Crippen molar-refractivity contribution in [2.75, 3.05) is 5.32 Å². The molecule has 0 aliphatic heterocycles. The maximum Gasteiger partial charge on any atom is 0.413 e. The highest BCUT2D eigenvalue weighted by atomic mass is 32.1. The fraction of sp³-hybridized carbons (Fsp3) is 0.462. The van der Waals surface area contributed by atoms with Gasteiger partial charge in [0.25, 0.3) is 0 Å². The van der Waals surface area contributed by atoms with Crippen LogP contribution in [0, 0.1) is 0 Å². The summed E-state index contributed by atoms with van der Waals surface area (Å²) in [5.74, 6) is 0.538. The number of nitrogens with one attached hydrogen (secondary N) is 3. The summed E-state index contributed by atoms with van der Waals surface area (Å²) in [4.78, 5) is 15.9. The van der Waals surface area contributed by atoms with E-state index in [0.717, 1.165) is 10.6 Å². The maximum absolute atomic E-state index is 11.7. The fourth-order valence-corrected chi connectivity index (χ4v) is 2.19. The number of ether oxygens (including phenoxy) is 1. The Balaban J connectivity index is 1.85. The van der Waals surface area contributed by atoms with Gasteiger partial charge in [-0.25, -0.2) is 9.78 Å². The fourth-order valence-electron chi connectivity index (χ4n) is 1.60. The van der Waals surface area contributed by atoms with Gasteiger partial charge >= 0.3 is 6.09 Å². The van der Waals surface area contributed by atoms with Crippen LogP contribution in [0.4, 0.5) is 10.6 Å². The standard InChI is InChI=1S/C13H19N5O2S/c1-13(2,3)20-12(19)17-11-9(7-16-18-11)6-14-8-10-15-4-5-21-10/h4-5,7,14H,6,8H2,1-3H3,(H2,16,17,18,19). The van der Waals surface area contributed by atoms with Crippen molar-refractivity contribution < 1.29 is 9.53 Å². The number of H-pyrrole nitrogens is 1. The Bertz CT molecular complexity index is 574. The molecule has 0 radical (unpaired) electrons. The zero-order valence-corrected chi connectivity index (χ0v) is 13.1. The number of carbonyl (C=O) groups excluding carboxylic acids is 1. The highest BCUT2D eigenvalue weighted by Crippen LogP contribution is 2.14. The second-order valence-electron chi connectivity index (χ2n) is 5.43. The number of amides is 1. The van der Waals surface area contributed by atoms with Gasteiger partial charge in [-0.1, -0.05) is 0 Å². The maximum atomic E-state index is 11.7. The number of hydrogen-bond acceptors (Lipinski definition) is 6. The summed E-state index contributed by atoms with van der Waals surface area (Å²) in [6.45, 7) is 6.69. The van der Waals surface area contributed by atoms with E-state index in [-0.39, 0.29) is 0 Å². The molecule has 1 amide bonds.